The number of amides is 1. The normalized spacial score (nSPS) is 11.0. The third-order valence-corrected chi connectivity index (χ3v) is 4.35. The lowest BCUT2D eigenvalue weighted by Crippen LogP contribution is -2.18. The summed E-state index contributed by atoms with van der Waals surface area (Å²) in [4.78, 5) is 12.2. The van der Waals surface area contributed by atoms with Crippen molar-refractivity contribution in [1.29, 1.82) is 0 Å². The van der Waals surface area contributed by atoms with Crippen LogP contribution in [0.2, 0.25) is 0 Å². The first-order chi connectivity index (χ1) is 11.2. The molecule has 0 saturated heterocycles. The fraction of sp³-hybridized carbons (Fsp3) is 0.312. The molecule has 0 bridgehead atoms. The SMILES string of the molecule is CCc1ccc2c(ccn2CC(=O)Nc2nnc(COC)s2)c1. The van der Waals surface area contributed by atoms with Gasteiger partial charge in [-0.3, -0.25) is 10.1 Å². The molecule has 0 aliphatic carbocycles. The molecule has 2 heterocycles. The molecular formula is C16H18N4O2S. The summed E-state index contributed by atoms with van der Waals surface area (Å²) in [6, 6.07) is 8.34. The van der Waals surface area contributed by atoms with Crippen LogP contribution >= 0.6 is 11.3 Å². The molecule has 0 aliphatic rings. The van der Waals surface area contributed by atoms with E-state index in [0.717, 1.165) is 22.3 Å². The number of fused-ring (bicyclic) bond motifs is 1. The zero-order chi connectivity index (χ0) is 16.2. The predicted octanol–water partition coefficient (Wildman–Crippen LogP) is 2.84. The highest BCUT2D eigenvalue weighted by molar-refractivity contribution is 7.15. The summed E-state index contributed by atoms with van der Waals surface area (Å²) in [7, 11) is 1.60. The Kier molecular flexibility index (Phi) is 4.68. The number of aromatic nitrogens is 3. The minimum Gasteiger partial charge on any atom is -0.377 e. The molecule has 0 spiro atoms. The van der Waals surface area contributed by atoms with E-state index in [4.69, 9.17) is 4.74 Å². The minimum atomic E-state index is -0.123. The Balaban J connectivity index is 1.69. The predicted molar refractivity (Wildman–Crippen MR) is 90.6 cm³/mol. The third-order valence-electron chi connectivity index (χ3n) is 3.54. The molecule has 1 amide bonds. The molecule has 1 N–H and O–H groups in total. The van der Waals surface area contributed by atoms with E-state index in [-0.39, 0.29) is 12.5 Å². The molecule has 0 aliphatic heterocycles. The maximum absolute atomic E-state index is 12.2. The van der Waals surface area contributed by atoms with Gasteiger partial charge < -0.3 is 9.30 Å². The summed E-state index contributed by atoms with van der Waals surface area (Å²) < 4.78 is 6.92. The number of benzene rings is 1. The Morgan fingerprint density at radius 3 is 3.00 bits per heavy atom. The molecule has 0 fully saturated rings. The maximum atomic E-state index is 12.2. The summed E-state index contributed by atoms with van der Waals surface area (Å²) in [5, 5.41) is 13.0. The van der Waals surface area contributed by atoms with Crippen LogP contribution in [0, 0.1) is 0 Å². The van der Waals surface area contributed by atoms with Crippen molar-refractivity contribution < 1.29 is 9.53 Å². The van der Waals surface area contributed by atoms with Crippen LogP contribution in [0.4, 0.5) is 5.13 Å². The van der Waals surface area contributed by atoms with Crippen LogP contribution in [-0.4, -0.2) is 27.8 Å². The van der Waals surface area contributed by atoms with Gasteiger partial charge in [0.05, 0.1) is 0 Å². The first kappa shape index (κ1) is 15.6. The largest absolute Gasteiger partial charge is 0.377 e. The van der Waals surface area contributed by atoms with Gasteiger partial charge in [0.2, 0.25) is 11.0 Å². The van der Waals surface area contributed by atoms with Crippen molar-refractivity contribution in [3.8, 4) is 0 Å². The fourth-order valence-electron chi connectivity index (χ4n) is 2.41. The molecule has 3 rings (SSSR count). The van der Waals surface area contributed by atoms with E-state index in [1.165, 1.54) is 16.9 Å². The number of hydrogen-bond acceptors (Lipinski definition) is 5. The molecule has 2 aromatic heterocycles. The van der Waals surface area contributed by atoms with Gasteiger partial charge in [-0.1, -0.05) is 24.3 Å². The van der Waals surface area contributed by atoms with Crippen LogP contribution in [0.25, 0.3) is 10.9 Å². The molecule has 3 aromatic rings. The average Bonchev–Trinajstić information content (AvgIpc) is 3.14. The van der Waals surface area contributed by atoms with Gasteiger partial charge in [-0.05, 0) is 35.6 Å². The third kappa shape index (κ3) is 3.57. The highest BCUT2D eigenvalue weighted by atomic mass is 32.1. The molecule has 1 aromatic carbocycles. The number of ether oxygens (including phenoxy) is 1. The molecule has 0 saturated carbocycles. The van der Waals surface area contributed by atoms with Gasteiger partial charge in [0.15, 0.2) is 0 Å². The topological polar surface area (TPSA) is 69.0 Å². The van der Waals surface area contributed by atoms with Gasteiger partial charge in [-0.15, -0.1) is 10.2 Å². The number of rotatable bonds is 6. The van der Waals surface area contributed by atoms with E-state index in [1.807, 2.05) is 16.8 Å². The van der Waals surface area contributed by atoms with Crippen molar-refractivity contribution in [2.45, 2.75) is 26.5 Å². The van der Waals surface area contributed by atoms with Crippen LogP contribution in [-0.2, 0) is 29.1 Å². The molecular weight excluding hydrogens is 312 g/mol. The van der Waals surface area contributed by atoms with Crippen LogP contribution in [0.1, 0.15) is 17.5 Å². The number of nitrogens with zero attached hydrogens (tertiary/aromatic N) is 3. The van der Waals surface area contributed by atoms with Crippen molar-refractivity contribution in [2.75, 3.05) is 12.4 Å². The van der Waals surface area contributed by atoms with Crippen molar-refractivity contribution in [3.05, 3.63) is 41.0 Å². The van der Waals surface area contributed by atoms with Crippen molar-refractivity contribution in [1.82, 2.24) is 14.8 Å². The lowest BCUT2D eigenvalue weighted by atomic mass is 10.1. The monoisotopic (exact) mass is 330 g/mol. The highest BCUT2D eigenvalue weighted by Gasteiger charge is 2.10. The van der Waals surface area contributed by atoms with E-state index in [9.17, 15) is 4.79 Å². The van der Waals surface area contributed by atoms with Crippen LogP contribution in [0.3, 0.4) is 0 Å². The minimum absolute atomic E-state index is 0.123. The Hall–Kier alpha value is -2.25. The number of carbonyl (C=O) groups excluding carboxylic acids is 1. The first-order valence-corrected chi connectivity index (χ1v) is 8.20. The van der Waals surface area contributed by atoms with E-state index >= 15 is 0 Å². The van der Waals surface area contributed by atoms with Gasteiger partial charge in [-0.25, -0.2) is 0 Å². The Morgan fingerprint density at radius 1 is 1.35 bits per heavy atom. The van der Waals surface area contributed by atoms with Gasteiger partial charge in [0.1, 0.15) is 18.2 Å². The second-order valence-corrected chi connectivity index (χ2v) is 6.23. The van der Waals surface area contributed by atoms with E-state index in [0.29, 0.717) is 11.7 Å². The molecule has 0 radical (unpaired) electrons. The second kappa shape index (κ2) is 6.89. The Labute approximate surface area is 138 Å². The summed E-state index contributed by atoms with van der Waals surface area (Å²) in [5.41, 5.74) is 2.34. The van der Waals surface area contributed by atoms with Crippen LogP contribution < -0.4 is 5.32 Å². The standard InChI is InChI=1S/C16H18N4O2S/c1-3-11-4-5-13-12(8-11)6-7-20(13)9-14(21)17-16-19-18-15(23-16)10-22-2/h4-8H,3,9-10H2,1-2H3,(H,17,19,21). The van der Waals surface area contributed by atoms with Crippen molar-refractivity contribution >= 4 is 33.3 Å². The average molecular weight is 330 g/mol. The summed E-state index contributed by atoms with van der Waals surface area (Å²) in [6.45, 7) is 2.77. The number of methoxy groups -OCH3 is 1. The van der Waals surface area contributed by atoms with Gasteiger partial charge >= 0.3 is 0 Å². The van der Waals surface area contributed by atoms with Gasteiger partial charge in [0, 0.05) is 18.8 Å². The first-order valence-electron chi connectivity index (χ1n) is 7.38. The van der Waals surface area contributed by atoms with Crippen molar-refractivity contribution in [3.63, 3.8) is 0 Å². The van der Waals surface area contributed by atoms with Crippen LogP contribution in [0.15, 0.2) is 30.5 Å². The maximum Gasteiger partial charge on any atom is 0.246 e. The van der Waals surface area contributed by atoms with E-state index in [1.54, 1.807) is 7.11 Å². The smallest absolute Gasteiger partial charge is 0.246 e. The summed E-state index contributed by atoms with van der Waals surface area (Å²) in [6.07, 6.45) is 2.93. The molecule has 0 atom stereocenters. The molecule has 0 unspecified atom stereocenters. The highest BCUT2D eigenvalue weighted by Crippen LogP contribution is 2.19. The Morgan fingerprint density at radius 2 is 2.22 bits per heavy atom. The zero-order valence-electron chi connectivity index (χ0n) is 13.1. The lowest BCUT2D eigenvalue weighted by Gasteiger charge is -2.05. The van der Waals surface area contributed by atoms with Crippen LogP contribution in [0.5, 0.6) is 0 Å². The Bertz CT molecular complexity index is 824. The molecule has 6 nitrogen and oxygen atoms in total. The van der Waals surface area contributed by atoms with Gasteiger partial charge in [0.25, 0.3) is 0 Å². The summed E-state index contributed by atoms with van der Waals surface area (Å²) >= 11 is 1.32. The number of carbonyl (C=O) groups is 1. The number of hydrogen-bond donors (Lipinski definition) is 1. The summed E-state index contributed by atoms with van der Waals surface area (Å²) in [5.74, 6) is -0.123. The van der Waals surface area contributed by atoms with Crippen molar-refractivity contribution in [2.24, 2.45) is 0 Å². The lowest BCUT2D eigenvalue weighted by molar-refractivity contribution is -0.116. The quantitative estimate of drug-likeness (QED) is 0.754. The zero-order valence-corrected chi connectivity index (χ0v) is 13.9. The van der Waals surface area contributed by atoms with Gasteiger partial charge in [-0.2, -0.15) is 0 Å². The fourth-order valence-corrected chi connectivity index (χ4v) is 3.13. The number of anilines is 1. The second-order valence-electron chi connectivity index (χ2n) is 5.17. The number of nitrogens with one attached hydrogen (secondary N) is 1. The molecule has 23 heavy (non-hydrogen) atoms. The van der Waals surface area contributed by atoms with E-state index < -0.39 is 0 Å². The van der Waals surface area contributed by atoms with E-state index in [2.05, 4.69) is 40.6 Å². The number of aryl methyl sites for hydroxylation is 1. The molecule has 120 valence electrons. The molecule has 7 heteroatoms.